The van der Waals surface area contributed by atoms with Crippen LogP contribution in [0.4, 0.5) is 13.2 Å². The van der Waals surface area contributed by atoms with Gasteiger partial charge in [-0.25, -0.2) is 0 Å². The highest BCUT2D eigenvalue weighted by Crippen LogP contribution is 2.32. The molecule has 0 radical (unpaired) electrons. The number of halogens is 3. The summed E-state index contributed by atoms with van der Waals surface area (Å²) >= 11 is 0. The second-order valence-electron chi connectivity index (χ2n) is 7.27. The molecule has 1 aliphatic rings. The Kier molecular flexibility index (Phi) is 6.72. The van der Waals surface area contributed by atoms with Gasteiger partial charge < -0.3 is 19.6 Å². The predicted molar refractivity (Wildman–Crippen MR) is 107 cm³/mol. The van der Waals surface area contributed by atoms with Gasteiger partial charge in [-0.15, -0.1) is 0 Å². The number of hydrogen-bond acceptors (Lipinski definition) is 4. The van der Waals surface area contributed by atoms with Crippen LogP contribution in [0.2, 0.25) is 0 Å². The summed E-state index contributed by atoms with van der Waals surface area (Å²) in [6, 6.07) is 10.7. The molecular weight excluding hydrogens is 413 g/mol. The SMILES string of the molecule is CC(Oc1ccc(O)cc1)C(=O)N1CCCN(C(=O)c2ccccc2C(F)(F)F)CC1. The van der Waals surface area contributed by atoms with Crippen LogP contribution in [0.3, 0.4) is 0 Å². The van der Waals surface area contributed by atoms with Gasteiger partial charge in [0.15, 0.2) is 6.10 Å². The highest BCUT2D eigenvalue weighted by Gasteiger charge is 2.36. The first-order valence-corrected chi connectivity index (χ1v) is 9.87. The molecule has 1 heterocycles. The number of carbonyl (C=O) groups excluding carboxylic acids is 2. The maximum Gasteiger partial charge on any atom is 0.417 e. The Labute approximate surface area is 177 Å². The fraction of sp³-hybridized carbons (Fsp3) is 0.364. The van der Waals surface area contributed by atoms with Crippen LogP contribution >= 0.6 is 0 Å². The molecule has 1 N–H and O–H groups in total. The van der Waals surface area contributed by atoms with E-state index < -0.39 is 23.8 Å². The van der Waals surface area contributed by atoms with E-state index in [9.17, 15) is 27.9 Å². The first-order chi connectivity index (χ1) is 14.7. The highest BCUT2D eigenvalue weighted by molar-refractivity contribution is 5.96. The summed E-state index contributed by atoms with van der Waals surface area (Å²) in [4.78, 5) is 28.4. The standard InChI is InChI=1S/C22H23F3N2O4/c1-15(31-17-9-7-16(28)8-10-17)20(29)26-11-4-12-27(14-13-26)21(30)18-5-2-3-6-19(18)22(23,24)25/h2-3,5-10,15,28H,4,11-14H2,1H3. The van der Waals surface area contributed by atoms with Gasteiger partial charge >= 0.3 is 6.18 Å². The average Bonchev–Trinajstić information content (AvgIpc) is 3.00. The van der Waals surface area contributed by atoms with Crippen molar-refractivity contribution in [2.75, 3.05) is 26.2 Å². The molecule has 166 valence electrons. The molecule has 1 fully saturated rings. The number of amides is 2. The Morgan fingerprint density at radius 3 is 2.26 bits per heavy atom. The summed E-state index contributed by atoms with van der Waals surface area (Å²) in [5.74, 6) is -0.474. The zero-order chi connectivity index (χ0) is 22.6. The van der Waals surface area contributed by atoms with Crippen LogP contribution in [-0.4, -0.2) is 59.0 Å². The number of phenolic OH excluding ortho intramolecular Hbond substituents is 1. The fourth-order valence-corrected chi connectivity index (χ4v) is 3.46. The summed E-state index contributed by atoms with van der Waals surface area (Å²) in [7, 11) is 0. The smallest absolute Gasteiger partial charge is 0.417 e. The number of nitrogens with zero attached hydrogens (tertiary/aromatic N) is 2. The number of phenols is 1. The third-order valence-electron chi connectivity index (χ3n) is 5.06. The summed E-state index contributed by atoms with van der Waals surface area (Å²) in [6.45, 7) is 2.54. The normalized spacial score (nSPS) is 15.9. The van der Waals surface area contributed by atoms with Gasteiger partial charge in [-0.1, -0.05) is 12.1 Å². The lowest BCUT2D eigenvalue weighted by Crippen LogP contribution is -2.43. The maximum absolute atomic E-state index is 13.3. The van der Waals surface area contributed by atoms with Gasteiger partial charge in [0.25, 0.3) is 11.8 Å². The molecule has 1 atom stereocenters. The summed E-state index contributed by atoms with van der Waals surface area (Å²) < 4.78 is 45.4. The molecule has 0 aliphatic carbocycles. The van der Waals surface area contributed by atoms with Crippen LogP contribution in [0.5, 0.6) is 11.5 Å². The van der Waals surface area contributed by atoms with Gasteiger partial charge in [0, 0.05) is 26.2 Å². The van der Waals surface area contributed by atoms with Crippen LogP contribution < -0.4 is 4.74 Å². The largest absolute Gasteiger partial charge is 0.508 e. The van der Waals surface area contributed by atoms with E-state index in [-0.39, 0.29) is 36.9 Å². The number of ether oxygens (including phenoxy) is 1. The molecule has 1 saturated heterocycles. The lowest BCUT2D eigenvalue weighted by Gasteiger charge is -2.25. The van der Waals surface area contributed by atoms with E-state index in [4.69, 9.17) is 4.74 Å². The summed E-state index contributed by atoms with van der Waals surface area (Å²) in [5, 5.41) is 9.32. The van der Waals surface area contributed by atoms with Crippen LogP contribution in [0, 0.1) is 0 Å². The van der Waals surface area contributed by atoms with Crippen molar-refractivity contribution in [1.29, 1.82) is 0 Å². The van der Waals surface area contributed by atoms with Gasteiger partial charge in [0.05, 0.1) is 11.1 Å². The van der Waals surface area contributed by atoms with Crippen molar-refractivity contribution in [3.63, 3.8) is 0 Å². The minimum atomic E-state index is -4.62. The fourth-order valence-electron chi connectivity index (χ4n) is 3.46. The molecule has 2 aromatic carbocycles. The number of rotatable bonds is 4. The number of carbonyl (C=O) groups is 2. The van der Waals surface area contributed by atoms with E-state index in [0.29, 0.717) is 18.7 Å². The third-order valence-corrected chi connectivity index (χ3v) is 5.06. The van der Waals surface area contributed by atoms with E-state index in [2.05, 4.69) is 0 Å². The van der Waals surface area contributed by atoms with E-state index in [1.54, 1.807) is 24.0 Å². The van der Waals surface area contributed by atoms with Crippen molar-refractivity contribution in [2.45, 2.75) is 25.6 Å². The van der Waals surface area contributed by atoms with Crippen molar-refractivity contribution in [1.82, 2.24) is 9.80 Å². The molecule has 0 saturated carbocycles. The second-order valence-corrected chi connectivity index (χ2v) is 7.27. The van der Waals surface area contributed by atoms with Gasteiger partial charge in [-0.3, -0.25) is 9.59 Å². The van der Waals surface area contributed by atoms with Crippen molar-refractivity contribution in [2.24, 2.45) is 0 Å². The van der Waals surface area contributed by atoms with Crippen LogP contribution in [0.1, 0.15) is 29.3 Å². The van der Waals surface area contributed by atoms with E-state index in [1.807, 2.05) is 0 Å². The number of alkyl halides is 3. The monoisotopic (exact) mass is 436 g/mol. The van der Waals surface area contributed by atoms with Crippen molar-refractivity contribution >= 4 is 11.8 Å². The Bertz CT molecular complexity index is 931. The predicted octanol–water partition coefficient (Wildman–Crippen LogP) is 3.55. The zero-order valence-corrected chi connectivity index (χ0v) is 16.9. The molecule has 0 bridgehead atoms. The molecule has 6 nitrogen and oxygen atoms in total. The van der Waals surface area contributed by atoms with Crippen molar-refractivity contribution < 1.29 is 32.6 Å². The number of hydrogen-bond donors (Lipinski definition) is 1. The molecule has 1 unspecified atom stereocenters. The van der Waals surface area contributed by atoms with E-state index >= 15 is 0 Å². The highest BCUT2D eigenvalue weighted by atomic mass is 19.4. The lowest BCUT2D eigenvalue weighted by molar-refractivity contribution is -0.138. The van der Waals surface area contributed by atoms with E-state index in [1.165, 1.54) is 35.2 Å². The lowest BCUT2D eigenvalue weighted by atomic mass is 10.1. The Hall–Kier alpha value is -3.23. The Morgan fingerprint density at radius 2 is 1.58 bits per heavy atom. The molecule has 0 spiro atoms. The molecule has 3 rings (SSSR count). The van der Waals surface area contributed by atoms with Gasteiger partial charge in [-0.2, -0.15) is 13.2 Å². The van der Waals surface area contributed by atoms with Gasteiger partial charge in [0.2, 0.25) is 0 Å². The van der Waals surface area contributed by atoms with E-state index in [0.717, 1.165) is 6.07 Å². The van der Waals surface area contributed by atoms with Gasteiger partial charge in [0.1, 0.15) is 11.5 Å². The molecule has 0 aromatic heterocycles. The van der Waals surface area contributed by atoms with Crippen LogP contribution in [0.15, 0.2) is 48.5 Å². The average molecular weight is 436 g/mol. The topological polar surface area (TPSA) is 70.1 Å². The number of aromatic hydroxyl groups is 1. The third kappa shape index (κ3) is 5.48. The first kappa shape index (κ1) is 22.5. The Morgan fingerprint density at radius 1 is 0.968 bits per heavy atom. The van der Waals surface area contributed by atoms with Crippen LogP contribution in [-0.2, 0) is 11.0 Å². The van der Waals surface area contributed by atoms with Crippen molar-refractivity contribution in [3.8, 4) is 11.5 Å². The maximum atomic E-state index is 13.3. The van der Waals surface area contributed by atoms with Crippen LogP contribution in [0.25, 0.3) is 0 Å². The molecular formula is C22H23F3N2O4. The molecule has 9 heteroatoms. The Balaban J connectivity index is 1.64. The first-order valence-electron chi connectivity index (χ1n) is 9.87. The molecule has 31 heavy (non-hydrogen) atoms. The quantitative estimate of drug-likeness (QED) is 0.796. The minimum absolute atomic E-state index is 0.0794. The molecule has 1 aliphatic heterocycles. The summed E-state index contributed by atoms with van der Waals surface area (Å²) in [6.07, 6.45) is -4.98. The summed E-state index contributed by atoms with van der Waals surface area (Å²) in [5.41, 5.74) is -1.35. The molecule has 2 aromatic rings. The van der Waals surface area contributed by atoms with Crippen molar-refractivity contribution in [3.05, 3.63) is 59.7 Å². The second kappa shape index (κ2) is 9.28. The number of benzene rings is 2. The molecule has 2 amide bonds. The minimum Gasteiger partial charge on any atom is -0.508 e. The zero-order valence-electron chi connectivity index (χ0n) is 16.9. The van der Waals surface area contributed by atoms with Gasteiger partial charge in [-0.05, 0) is 49.7 Å².